The standard InChI is InChI=1S/C14H17N3O3S/c1-9-7-13(10(2)17-9)14(18)16-8-11-3-5-12(6-4-11)21(15,19)20/h3-7,17H,8H2,1-2H3,(H,16,18)(H2,15,19,20). The van der Waals surface area contributed by atoms with Crippen LogP contribution in [0.5, 0.6) is 0 Å². The summed E-state index contributed by atoms with van der Waals surface area (Å²) in [5, 5.41) is 7.81. The summed E-state index contributed by atoms with van der Waals surface area (Å²) in [6, 6.07) is 7.87. The average Bonchev–Trinajstić information content (AvgIpc) is 2.74. The van der Waals surface area contributed by atoms with Gasteiger partial charge >= 0.3 is 0 Å². The Hall–Kier alpha value is -2.12. The summed E-state index contributed by atoms with van der Waals surface area (Å²) in [6.45, 7) is 4.03. The van der Waals surface area contributed by atoms with Crippen molar-refractivity contribution in [3.63, 3.8) is 0 Å². The van der Waals surface area contributed by atoms with Crippen LogP contribution in [0.2, 0.25) is 0 Å². The van der Waals surface area contributed by atoms with Gasteiger partial charge < -0.3 is 10.3 Å². The fraction of sp³-hybridized carbons (Fsp3) is 0.214. The maximum absolute atomic E-state index is 12.0. The third kappa shape index (κ3) is 3.71. The van der Waals surface area contributed by atoms with Gasteiger partial charge in [0.05, 0.1) is 10.5 Å². The van der Waals surface area contributed by atoms with Gasteiger partial charge in [-0.3, -0.25) is 4.79 Å². The van der Waals surface area contributed by atoms with E-state index in [4.69, 9.17) is 5.14 Å². The van der Waals surface area contributed by atoms with Gasteiger partial charge in [-0.1, -0.05) is 12.1 Å². The van der Waals surface area contributed by atoms with Crippen LogP contribution < -0.4 is 10.5 Å². The molecule has 0 saturated carbocycles. The number of H-pyrrole nitrogens is 1. The Labute approximate surface area is 123 Å². The van der Waals surface area contributed by atoms with Crippen molar-refractivity contribution in [2.45, 2.75) is 25.3 Å². The fourth-order valence-electron chi connectivity index (χ4n) is 2.03. The summed E-state index contributed by atoms with van der Waals surface area (Å²) in [5.74, 6) is -0.174. The van der Waals surface area contributed by atoms with Crippen LogP contribution in [-0.4, -0.2) is 19.3 Å². The molecule has 0 bridgehead atoms. The molecule has 1 aromatic carbocycles. The second-order valence-electron chi connectivity index (χ2n) is 4.86. The van der Waals surface area contributed by atoms with Crippen molar-refractivity contribution < 1.29 is 13.2 Å². The van der Waals surface area contributed by atoms with Crippen LogP contribution in [-0.2, 0) is 16.6 Å². The highest BCUT2D eigenvalue weighted by Gasteiger charge is 2.11. The average molecular weight is 307 g/mol. The van der Waals surface area contributed by atoms with Gasteiger partial charge in [-0.05, 0) is 37.6 Å². The largest absolute Gasteiger partial charge is 0.362 e. The molecule has 0 aliphatic carbocycles. The van der Waals surface area contributed by atoms with Gasteiger partial charge in [-0.25, -0.2) is 13.6 Å². The monoisotopic (exact) mass is 307 g/mol. The minimum Gasteiger partial charge on any atom is -0.362 e. The first-order valence-corrected chi connectivity index (χ1v) is 7.88. The van der Waals surface area contributed by atoms with Crippen LogP contribution in [0.25, 0.3) is 0 Å². The van der Waals surface area contributed by atoms with Gasteiger partial charge in [0, 0.05) is 17.9 Å². The number of aromatic nitrogens is 1. The number of sulfonamides is 1. The molecular formula is C14H17N3O3S. The van der Waals surface area contributed by atoms with Crippen LogP contribution >= 0.6 is 0 Å². The normalized spacial score (nSPS) is 11.4. The topological polar surface area (TPSA) is 105 Å². The van der Waals surface area contributed by atoms with E-state index in [2.05, 4.69) is 10.3 Å². The molecule has 0 atom stereocenters. The molecule has 1 heterocycles. The Morgan fingerprint density at radius 3 is 2.33 bits per heavy atom. The zero-order valence-corrected chi connectivity index (χ0v) is 12.6. The lowest BCUT2D eigenvalue weighted by atomic mass is 10.2. The third-order valence-corrected chi connectivity index (χ3v) is 4.03. The first-order chi connectivity index (χ1) is 9.77. The van der Waals surface area contributed by atoms with Crippen molar-refractivity contribution in [3.05, 3.63) is 52.8 Å². The lowest BCUT2D eigenvalue weighted by molar-refractivity contribution is 0.0950. The first kappa shape index (κ1) is 15.3. The Morgan fingerprint density at radius 2 is 1.86 bits per heavy atom. The number of hydrogen-bond acceptors (Lipinski definition) is 3. The molecule has 2 rings (SSSR count). The minimum atomic E-state index is -3.69. The van der Waals surface area contributed by atoms with Crippen LogP contribution in [0.15, 0.2) is 35.2 Å². The van der Waals surface area contributed by atoms with Crippen molar-refractivity contribution in [2.24, 2.45) is 5.14 Å². The number of carbonyl (C=O) groups is 1. The van der Waals surface area contributed by atoms with Crippen LogP contribution in [0.1, 0.15) is 27.3 Å². The molecule has 0 saturated heterocycles. The van der Waals surface area contributed by atoms with Gasteiger partial charge in [-0.2, -0.15) is 0 Å². The molecule has 0 unspecified atom stereocenters. The van der Waals surface area contributed by atoms with E-state index in [1.807, 2.05) is 13.8 Å². The number of benzene rings is 1. The Kier molecular flexibility index (Phi) is 4.15. The molecule has 21 heavy (non-hydrogen) atoms. The van der Waals surface area contributed by atoms with Crippen molar-refractivity contribution in [1.29, 1.82) is 0 Å². The predicted octanol–water partition coefficient (Wildman–Crippen LogP) is 1.21. The van der Waals surface area contributed by atoms with E-state index >= 15 is 0 Å². The number of nitrogens with one attached hydrogen (secondary N) is 2. The molecule has 0 spiro atoms. The van der Waals surface area contributed by atoms with Gasteiger partial charge in [0.1, 0.15) is 0 Å². The van der Waals surface area contributed by atoms with Crippen molar-refractivity contribution >= 4 is 15.9 Å². The molecule has 7 heteroatoms. The van der Waals surface area contributed by atoms with Gasteiger partial charge in [-0.15, -0.1) is 0 Å². The number of amides is 1. The molecule has 112 valence electrons. The molecule has 0 fully saturated rings. The summed E-state index contributed by atoms with van der Waals surface area (Å²) in [4.78, 5) is 15.2. The highest BCUT2D eigenvalue weighted by molar-refractivity contribution is 7.89. The number of aromatic amines is 1. The molecule has 1 amide bonds. The smallest absolute Gasteiger partial charge is 0.253 e. The van der Waals surface area contributed by atoms with Gasteiger partial charge in [0.2, 0.25) is 10.0 Å². The fourth-order valence-corrected chi connectivity index (χ4v) is 2.55. The molecule has 6 nitrogen and oxygen atoms in total. The van der Waals surface area contributed by atoms with Crippen LogP contribution in [0.3, 0.4) is 0 Å². The zero-order valence-electron chi connectivity index (χ0n) is 11.8. The Morgan fingerprint density at radius 1 is 1.24 bits per heavy atom. The molecular weight excluding hydrogens is 290 g/mol. The van der Waals surface area contributed by atoms with E-state index in [1.165, 1.54) is 12.1 Å². The molecule has 4 N–H and O–H groups in total. The summed E-state index contributed by atoms with van der Waals surface area (Å²) in [7, 11) is -3.69. The lowest BCUT2D eigenvalue weighted by Gasteiger charge is -2.06. The van der Waals surface area contributed by atoms with E-state index in [0.29, 0.717) is 12.1 Å². The van der Waals surface area contributed by atoms with E-state index in [-0.39, 0.29) is 10.8 Å². The second kappa shape index (κ2) is 5.71. The van der Waals surface area contributed by atoms with E-state index in [1.54, 1.807) is 18.2 Å². The number of nitrogens with two attached hydrogens (primary N) is 1. The summed E-state index contributed by atoms with van der Waals surface area (Å²) >= 11 is 0. The van der Waals surface area contributed by atoms with E-state index < -0.39 is 10.0 Å². The van der Waals surface area contributed by atoms with Crippen LogP contribution in [0, 0.1) is 13.8 Å². The quantitative estimate of drug-likeness (QED) is 0.790. The Balaban J connectivity index is 2.03. The minimum absolute atomic E-state index is 0.0506. The summed E-state index contributed by atoms with van der Waals surface area (Å²) in [6.07, 6.45) is 0. The Bertz CT molecular complexity index is 761. The zero-order chi connectivity index (χ0) is 15.6. The molecule has 2 aromatic rings. The van der Waals surface area contributed by atoms with Crippen molar-refractivity contribution in [2.75, 3.05) is 0 Å². The molecule has 0 radical (unpaired) electrons. The highest BCUT2D eigenvalue weighted by atomic mass is 32.2. The van der Waals surface area contributed by atoms with Crippen molar-refractivity contribution in [3.8, 4) is 0 Å². The molecule has 0 aliphatic heterocycles. The number of primary sulfonamides is 1. The summed E-state index contributed by atoms with van der Waals surface area (Å²) < 4.78 is 22.3. The maximum Gasteiger partial charge on any atom is 0.253 e. The molecule has 1 aromatic heterocycles. The second-order valence-corrected chi connectivity index (χ2v) is 6.42. The molecule has 0 aliphatic rings. The number of aryl methyl sites for hydroxylation is 2. The number of rotatable bonds is 4. The predicted molar refractivity (Wildman–Crippen MR) is 79.3 cm³/mol. The summed E-state index contributed by atoms with van der Waals surface area (Å²) in [5.41, 5.74) is 3.14. The SMILES string of the molecule is Cc1cc(C(=O)NCc2ccc(S(N)(=O)=O)cc2)c(C)[nH]1. The third-order valence-electron chi connectivity index (χ3n) is 3.10. The lowest BCUT2D eigenvalue weighted by Crippen LogP contribution is -2.23. The van der Waals surface area contributed by atoms with E-state index in [0.717, 1.165) is 17.0 Å². The first-order valence-electron chi connectivity index (χ1n) is 6.33. The number of carbonyl (C=O) groups excluding carboxylic acids is 1. The van der Waals surface area contributed by atoms with E-state index in [9.17, 15) is 13.2 Å². The van der Waals surface area contributed by atoms with Gasteiger partial charge in [0.15, 0.2) is 0 Å². The highest BCUT2D eigenvalue weighted by Crippen LogP contribution is 2.11. The van der Waals surface area contributed by atoms with Gasteiger partial charge in [0.25, 0.3) is 5.91 Å². The maximum atomic E-state index is 12.0. The van der Waals surface area contributed by atoms with Crippen molar-refractivity contribution in [1.82, 2.24) is 10.3 Å². The van der Waals surface area contributed by atoms with Crippen LogP contribution in [0.4, 0.5) is 0 Å². The number of hydrogen-bond donors (Lipinski definition) is 3.